The van der Waals surface area contributed by atoms with Crippen molar-refractivity contribution in [2.75, 3.05) is 12.4 Å². The molecule has 0 unspecified atom stereocenters. The number of aryl methyl sites for hydroxylation is 1. The number of carbonyl (C=O) groups excluding carboxylic acids is 1. The standard InChI is InChI=1S/C28H24N4O2/c1-19-27-25(22-10-14-24(34-2)15-11-22)16-17-29-28(27)32(31-19)18-26(33)30-23-12-8-21(9-13-23)20-6-4-3-5-7-20/h3-17H,18H2,1-2H3,(H,30,33). The highest BCUT2D eigenvalue weighted by atomic mass is 16.5. The Morgan fingerprint density at radius 1 is 0.882 bits per heavy atom. The molecule has 0 aliphatic rings. The number of hydrogen-bond acceptors (Lipinski definition) is 4. The molecule has 0 saturated carbocycles. The summed E-state index contributed by atoms with van der Waals surface area (Å²) in [6.07, 6.45) is 1.75. The summed E-state index contributed by atoms with van der Waals surface area (Å²) in [5, 5.41) is 8.51. The van der Waals surface area contributed by atoms with E-state index in [4.69, 9.17) is 4.74 Å². The van der Waals surface area contributed by atoms with Crippen LogP contribution in [0.4, 0.5) is 5.69 Å². The molecule has 0 aliphatic heterocycles. The number of rotatable bonds is 6. The van der Waals surface area contributed by atoms with Crippen LogP contribution < -0.4 is 10.1 Å². The van der Waals surface area contributed by atoms with Gasteiger partial charge in [-0.1, -0.05) is 54.6 Å². The minimum atomic E-state index is -0.159. The van der Waals surface area contributed by atoms with Gasteiger partial charge in [0.1, 0.15) is 12.3 Å². The first kappa shape index (κ1) is 21.4. The summed E-state index contributed by atoms with van der Waals surface area (Å²) < 4.78 is 6.93. The summed E-state index contributed by atoms with van der Waals surface area (Å²) in [7, 11) is 1.65. The first-order valence-corrected chi connectivity index (χ1v) is 11.0. The van der Waals surface area contributed by atoms with Crippen LogP contribution in [0.1, 0.15) is 5.69 Å². The van der Waals surface area contributed by atoms with Crippen LogP contribution in [0.2, 0.25) is 0 Å². The third kappa shape index (κ3) is 4.26. The molecule has 168 valence electrons. The number of hydrogen-bond donors (Lipinski definition) is 1. The van der Waals surface area contributed by atoms with E-state index in [1.54, 1.807) is 18.0 Å². The van der Waals surface area contributed by atoms with Crippen LogP contribution in [0.15, 0.2) is 91.1 Å². The molecule has 2 heterocycles. The molecule has 0 bridgehead atoms. The molecule has 5 aromatic rings. The van der Waals surface area contributed by atoms with Crippen LogP contribution in [0.5, 0.6) is 5.75 Å². The summed E-state index contributed by atoms with van der Waals surface area (Å²) >= 11 is 0. The lowest BCUT2D eigenvalue weighted by Crippen LogP contribution is -2.19. The summed E-state index contributed by atoms with van der Waals surface area (Å²) in [4.78, 5) is 17.3. The molecule has 34 heavy (non-hydrogen) atoms. The second kappa shape index (κ2) is 9.19. The first-order chi connectivity index (χ1) is 16.6. The van der Waals surface area contributed by atoms with Crippen LogP contribution in [0, 0.1) is 6.92 Å². The Labute approximate surface area is 197 Å². The number of nitrogens with zero attached hydrogens (tertiary/aromatic N) is 3. The minimum Gasteiger partial charge on any atom is -0.497 e. The van der Waals surface area contributed by atoms with Gasteiger partial charge in [0.15, 0.2) is 5.65 Å². The second-order valence-electron chi connectivity index (χ2n) is 8.02. The van der Waals surface area contributed by atoms with Crippen molar-refractivity contribution in [3.05, 3.63) is 96.8 Å². The number of fused-ring (bicyclic) bond motifs is 1. The quantitative estimate of drug-likeness (QED) is 0.361. The van der Waals surface area contributed by atoms with E-state index in [-0.39, 0.29) is 12.5 Å². The molecule has 1 N–H and O–H groups in total. The topological polar surface area (TPSA) is 69.0 Å². The van der Waals surface area contributed by atoms with E-state index in [1.165, 1.54) is 0 Å². The fourth-order valence-corrected chi connectivity index (χ4v) is 4.12. The zero-order chi connectivity index (χ0) is 23.5. The molecular formula is C28H24N4O2. The molecule has 0 radical (unpaired) electrons. The summed E-state index contributed by atoms with van der Waals surface area (Å²) in [6, 6.07) is 27.8. The maximum Gasteiger partial charge on any atom is 0.246 e. The molecule has 1 amide bonds. The van der Waals surface area contributed by atoms with E-state index in [9.17, 15) is 4.79 Å². The van der Waals surface area contributed by atoms with Gasteiger partial charge >= 0.3 is 0 Å². The van der Waals surface area contributed by atoms with Crippen LogP contribution in [-0.4, -0.2) is 27.8 Å². The Morgan fingerprint density at radius 3 is 2.26 bits per heavy atom. The van der Waals surface area contributed by atoms with Gasteiger partial charge in [-0.05, 0) is 59.5 Å². The van der Waals surface area contributed by atoms with E-state index in [1.807, 2.05) is 79.7 Å². The zero-order valence-electron chi connectivity index (χ0n) is 19.0. The predicted molar refractivity (Wildman–Crippen MR) is 135 cm³/mol. The average Bonchev–Trinajstić information content (AvgIpc) is 3.20. The molecule has 0 fully saturated rings. The minimum absolute atomic E-state index is 0.0733. The third-order valence-corrected chi connectivity index (χ3v) is 5.78. The molecular weight excluding hydrogens is 424 g/mol. The molecule has 6 heteroatoms. The SMILES string of the molecule is COc1ccc(-c2ccnc3c2c(C)nn3CC(=O)Nc2ccc(-c3ccccc3)cc2)cc1. The maximum absolute atomic E-state index is 12.8. The van der Waals surface area contributed by atoms with Gasteiger partial charge < -0.3 is 10.1 Å². The van der Waals surface area contributed by atoms with E-state index >= 15 is 0 Å². The normalized spacial score (nSPS) is 10.9. The number of amides is 1. The number of carbonyl (C=O) groups is 1. The monoisotopic (exact) mass is 448 g/mol. The van der Waals surface area contributed by atoms with Crippen LogP contribution in [0.25, 0.3) is 33.3 Å². The van der Waals surface area contributed by atoms with Crippen molar-refractivity contribution in [2.45, 2.75) is 13.5 Å². The highest BCUT2D eigenvalue weighted by Crippen LogP contribution is 2.31. The molecule has 0 saturated heterocycles. The van der Waals surface area contributed by atoms with Crippen LogP contribution in [0.3, 0.4) is 0 Å². The van der Waals surface area contributed by atoms with Gasteiger partial charge in [0, 0.05) is 17.3 Å². The summed E-state index contributed by atoms with van der Waals surface area (Å²) in [5.41, 5.74) is 6.55. The summed E-state index contributed by atoms with van der Waals surface area (Å²) in [6.45, 7) is 2.01. The van der Waals surface area contributed by atoms with Gasteiger partial charge in [-0.15, -0.1) is 0 Å². The van der Waals surface area contributed by atoms with Crippen molar-refractivity contribution >= 4 is 22.6 Å². The number of aromatic nitrogens is 3. The van der Waals surface area contributed by atoms with Gasteiger partial charge in [-0.2, -0.15) is 5.10 Å². The van der Waals surface area contributed by atoms with Gasteiger partial charge in [0.2, 0.25) is 5.91 Å². The van der Waals surface area contributed by atoms with Crippen LogP contribution >= 0.6 is 0 Å². The van der Waals surface area contributed by atoms with Crippen molar-refractivity contribution in [1.29, 1.82) is 0 Å². The number of anilines is 1. The van der Waals surface area contributed by atoms with Crippen LogP contribution in [-0.2, 0) is 11.3 Å². The zero-order valence-corrected chi connectivity index (χ0v) is 19.0. The van der Waals surface area contributed by atoms with Gasteiger partial charge in [0.05, 0.1) is 12.8 Å². The molecule has 0 spiro atoms. The number of nitrogens with one attached hydrogen (secondary N) is 1. The van der Waals surface area contributed by atoms with Gasteiger partial charge in [-0.3, -0.25) is 4.79 Å². The fourth-order valence-electron chi connectivity index (χ4n) is 4.12. The van der Waals surface area contributed by atoms with E-state index in [2.05, 4.69) is 27.5 Å². The van der Waals surface area contributed by atoms with E-state index in [0.717, 1.165) is 44.8 Å². The third-order valence-electron chi connectivity index (χ3n) is 5.78. The fraction of sp³-hybridized carbons (Fsp3) is 0.107. The highest BCUT2D eigenvalue weighted by Gasteiger charge is 2.16. The Kier molecular flexibility index (Phi) is 5.79. The lowest BCUT2D eigenvalue weighted by Gasteiger charge is -2.08. The number of benzene rings is 3. The van der Waals surface area contributed by atoms with Crippen molar-refractivity contribution in [2.24, 2.45) is 0 Å². The van der Waals surface area contributed by atoms with E-state index in [0.29, 0.717) is 5.65 Å². The lowest BCUT2D eigenvalue weighted by atomic mass is 10.0. The molecule has 6 nitrogen and oxygen atoms in total. The molecule has 0 aliphatic carbocycles. The predicted octanol–water partition coefficient (Wildman–Crippen LogP) is 5.72. The second-order valence-corrected chi connectivity index (χ2v) is 8.02. The van der Waals surface area contributed by atoms with Crippen molar-refractivity contribution < 1.29 is 9.53 Å². The molecule has 0 atom stereocenters. The number of ether oxygens (including phenoxy) is 1. The highest BCUT2D eigenvalue weighted by molar-refractivity contribution is 5.96. The van der Waals surface area contributed by atoms with Gasteiger partial charge in [0.25, 0.3) is 0 Å². The van der Waals surface area contributed by atoms with Crippen molar-refractivity contribution in [1.82, 2.24) is 14.8 Å². The maximum atomic E-state index is 12.8. The molecule has 5 rings (SSSR count). The Morgan fingerprint density at radius 2 is 1.56 bits per heavy atom. The van der Waals surface area contributed by atoms with E-state index < -0.39 is 0 Å². The lowest BCUT2D eigenvalue weighted by molar-refractivity contribution is -0.116. The summed E-state index contributed by atoms with van der Waals surface area (Å²) in [5.74, 6) is 0.642. The molecule has 3 aromatic carbocycles. The smallest absolute Gasteiger partial charge is 0.246 e. The van der Waals surface area contributed by atoms with Crippen molar-refractivity contribution in [3.63, 3.8) is 0 Å². The van der Waals surface area contributed by atoms with Crippen molar-refractivity contribution in [3.8, 4) is 28.0 Å². The Hall–Kier alpha value is -4.45. The first-order valence-electron chi connectivity index (χ1n) is 11.0. The van der Waals surface area contributed by atoms with Gasteiger partial charge in [-0.25, -0.2) is 9.67 Å². The average molecular weight is 449 g/mol. The Bertz CT molecular complexity index is 1440. The number of pyridine rings is 1. The molecule has 2 aromatic heterocycles. The largest absolute Gasteiger partial charge is 0.497 e. The number of methoxy groups -OCH3 is 1. The Balaban J connectivity index is 1.36.